The first-order valence-corrected chi connectivity index (χ1v) is 2.25. The fraction of sp³-hybridized carbons (Fsp3) is 0.750. The highest BCUT2D eigenvalue weighted by molar-refractivity contribution is 4.65. The zero-order chi connectivity index (χ0) is 7.33. The molecule has 0 fully saturated rings. The number of alkyl halides is 3. The van der Waals surface area contributed by atoms with E-state index in [-0.39, 0.29) is 6.54 Å². The predicted molar refractivity (Wildman–Crippen MR) is 24.3 cm³/mol. The molecule has 0 rings (SSSR count). The van der Waals surface area contributed by atoms with E-state index in [1.165, 1.54) is 6.19 Å². The van der Waals surface area contributed by atoms with E-state index < -0.39 is 12.6 Å². The molecule has 0 aromatic rings. The van der Waals surface area contributed by atoms with Gasteiger partial charge in [0.05, 0.1) is 6.42 Å². The van der Waals surface area contributed by atoms with E-state index in [2.05, 4.69) is 0 Å². The summed E-state index contributed by atoms with van der Waals surface area (Å²) in [5.74, 6) is 0. The van der Waals surface area contributed by atoms with Gasteiger partial charge in [0.25, 0.3) is 0 Å². The Kier molecular flexibility index (Phi) is 2.85. The van der Waals surface area contributed by atoms with Gasteiger partial charge in [-0.25, -0.2) is 0 Å². The Balaban J connectivity index is 3.20. The molecule has 0 amide bonds. The van der Waals surface area contributed by atoms with Gasteiger partial charge in [0.2, 0.25) is 0 Å². The van der Waals surface area contributed by atoms with Gasteiger partial charge in [0, 0.05) is 6.54 Å². The van der Waals surface area contributed by atoms with Crippen LogP contribution in [0.1, 0.15) is 6.42 Å². The van der Waals surface area contributed by atoms with Crippen molar-refractivity contribution in [3.8, 4) is 6.19 Å². The van der Waals surface area contributed by atoms with Gasteiger partial charge >= 0.3 is 6.18 Å². The van der Waals surface area contributed by atoms with Crippen LogP contribution in [0.2, 0.25) is 0 Å². The third-order valence-corrected chi connectivity index (χ3v) is 0.613. The number of nitriles is 1. The van der Waals surface area contributed by atoms with Gasteiger partial charge in [0.1, 0.15) is 0 Å². The lowest BCUT2D eigenvalue weighted by atomic mass is 10.4. The molecule has 0 saturated carbocycles. The van der Waals surface area contributed by atoms with Crippen LogP contribution in [0.4, 0.5) is 13.2 Å². The Bertz CT molecular complexity index is 112. The largest absolute Gasteiger partial charge is 0.390 e. The molecule has 0 aromatic carbocycles. The van der Waals surface area contributed by atoms with Crippen LogP contribution in [0.3, 0.4) is 0 Å². The average Bonchev–Trinajstić information content (AvgIpc) is 1.63. The summed E-state index contributed by atoms with van der Waals surface area (Å²) in [6, 6.07) is 0. The van der Waals surface area contributed by atoms with Crippen molar-refractivity contribution in [2.75, 3.05) is 6.54 Å². The average molecular weight is 138 g/mol. The van der Waals surface area contributed by atoms with E-state index in [0.717, 1.165) is 0 Å². The van der Waals surface area contributed by atoms with Crippen LogP contribution in [-0.4, -0.2) is 12.7 Å². The fourth-order valence-electron chi connectivity index (χ4n) is 0.260. The summed E-state index contributed by atoms with van der Waals surface area (Å²) in [5.41, 5.74) is 0. The van der Waals surface area contributed by atoms with E-state index in [4.69, 9.17) is 5.26 Å². The molecule has 0 aliphatic carbocycles. The first-order chi connectivity index (χ1) is 4.06. The minimum Gasteiger partial charge on any atom is -0.323 e. The lowest BCUT2D eigenvalue weighted by Crippen LogP contribution is -2.17. The quantitative estimate of drug-likeness (QED) is 0.351. The number of halogens is 3. The second-order valence-corrected chi connectivity index (χ2v) is 1.40. The van der Waals surface area contributed by atoms with E-state index in [1.807, 2.05) is 5.32 Å². The molecule has 0 aliphatic rings. The Labute approximate surface area is 50.3 Å². The van der Waals surface area contributed by atoms with Crippen molar-refractivity contribution in [2.24, 2.45) is 0 Å². The number of nitrogens with zero attached hydrogens (tertiary/aromatic N) is 1. The Hall–Kier alpha value is -0.920. The predicted octanol–water partition coefficient (Wildman–Crippen LogP) is 1.01. The highest BCUT2D eigenvalue weighted by Crippen LogP contribution is 2.17. The molecule has 0 saturated heterocycles. The van der Waals surface area contributed by atoms with Gasteiger partial charge in [-0.05, 0) is 0 Å². The van der Waals surface area contributed by atoms with Crippen molar-refractivity contribution in [3.63, 3.8) is 0 Å². The molecule has 0 radical (unpaired) electrons. The van der Waals surface area contributed by atoms with Crippen molar-refractivity contribution in [2.45, 2.75) is 12.6 Å². The molecule has 9 heavy (non-hydrogen) atoms. The lowest BCUT2D eigenvalue weighted by Gasteiger charge is -2.02. The van der Waals surface area contributed by atoms with Gasteiger partial charge in [0.15, 0.2) is 6.19 Å². The molecule has 0 bridgehead atoms. The summed E-state index contributed by atoms with van der Waals surface area (Å²) >= 11 is 0. The highest BCUT2D eigenvalue weighted by atomic mass is 19.4. The molecular weight excluding hydrogens is 133 g/mol. The van der Waals surface area contributed by atoms with Gasteiger partial charge in [-0.15, -0.1) is 0 Å². The van der Waals surface area contributed by atoms with Crippen LogP contribution in [0, 0.1) is 11.5 Å². The molecule has 0 heterocycles. The van der Waals surface area contributed by atoms with Gasteiger partial charge in [-0.2, -0.15) is 18.4 Å². The van der Waals surface area contributed by atoms with Crippen molar-refractivity contribution < 1.29 is 13.2 Å². The zero-order valence-corrected chi connectivity index (χ0v) is 4.50. The highest BCUT2D eigenvalue weighted by Gasteiger charge is 2.25. The minimum absolute atomic E-state index is 0.333. The normalized spacial score (nSPS) is 10.4. The summed E-state index contributed by atoms with van der Waals surface area (Å²) in [7, 11) is 0. The van der Waals surface area contributed by atoms with Gasteiger partial charge < -0.3 is 5.32 Å². The molecule has 0 spiro atoms. The fourth-order valence-corrected chi connectivity index (χ4v) is 0.260. The van der Waals surface area contributed by atoms with Crippen LogP contribution >= 0.6 is 0 Å². The Morgan fingerprint density at radius 3 is 2.33 bits per heavy atom. The van der Waals surface area contributed by atoms with Gasteiger partial charge in [-0.1, -0.05) is 0 Å². The second-order valence-electron chi connectivity index (χ2n) is 1.40. The topological polar surface area (TPSA) is 35.8 Å². The summed E-state index contributed by atoms with van der Waals surface area (Å²) < 4.78 is 33.7. The summed E-state index contributed by atoms with van der Waals surface area (Å²) in [6.45, 7) is -0.333. The lowest BCUT2D eigenvalue weighted by molar-refractivity contribution is -0.132. The SMILES string of the molecule is N#CNCCC(F)(F)F. The number of nitrogens with one attached hydrogen (secondary N) is 1. The van der Waals surface area contributed by atoms with Crippen LogP contribution in [0.25, 0.3) is 0 Å². The van der Waals surface area contributed by atoms with Crippen LogP contribution in [-0.2, 0) is 0 Å². The molecule has 1 N–H and O–H groups in total. The smallest absolute Gasteiger partial charge is 0.323 e. The molecule has 5 heteroatoms. The third kappa shape index (κ3) is 7.08. The molecule has 0 aromatic heterocycles. The second kappa shape index (κ2) is 3.17. The Morgan fingerprint density at radius 2 is 2.00 bits per heavy atom. The molecule has 0 atom stereocenters. The van der Waals surface area contributed by atoms with Crippen LogP contribution in [0.5, 0.6) is 0 Å². The van der Waals surface area contributed by atoms with Crippen LogP contribution < -0.4 is 5.32 Å². The summed E-state index contributed by atoms with van der Waals surface area (Å²) in [6.07, 6.45) is -3.73. The number of hydrogen-bond acceptors (Lipinski definition) is 2. The molecule has 2 nitrogen and oxygen atoms in total. The van der Waals surface area contributed by atoms with Crippen molar-refractivity contribution >= 4 is 0 Å². The standard InChI is InChI=1S/C4H5F3N2/c5-4(6,7)1-2-9-3-8/h9H,1-2H2. The van der Waals surface area contributed by atoms with E-state index >= 15 is 0 Å². The monoisotopic (exact) mass is 138 g/mol. The van der Waals surface area contributed by atoms with E-state index in [1.54, 1.807) is 0 Å². The first kappa shape index (κ1) is 8.08. The molecule has 52 valence electrons. The first-order valence-electron chi connectivity index (χ1n) is 2.25. The van der Waals surface area contributed by atoms with E-state index in [9.17, 15) is 13.2 Å². The maximum absolute atomic E-state index is 11.2. The zero-order valence-electron chi connectivity index (χ0n) is 4.50. The molecule has 0 aliphatic heterocycles. The van der Waals surface area contributed by atoms with Crippen molar-refractivity contribution in [1.82, 2.24) is 5.32 Å². The van der Waals surface area contributed by atoms with E-state index in [0.29, 0.717) is 0 Å². The maximum Gasteiger partial charge on any atom is 0.390 e. The van der Waals surface area contributed by atoms with Crippen LogP contribution in [0.15, 0.2) is 0 Å². The molecular formula is C4H5F3N2. The summed E-state index contributed by atoms with van der Waals surface area (Å²) in [5, 5.41) is 9.62. The summed E-state index contributed by atoms with van der Waals surface area (Å²) in [4.78, 5) is 0. The number of rotatable bonds is 2. The van der Waals surface area contributed by atoms with Gasteiger partial charge in [-0.3, -0.25) is 0 Å². The molecule has 0 unspecified atom stereocenters. The van der Waals surface area contributed by atoms with Crippen molar-refractivity contribution in [3.05, 3.63) is 0 Å². The number of hydrogen-bond donors (Lipinski definition) is 1. The van der Waals surface area contributed by atoms with Crippen molar-refractivity contribution in [1.29, 1.82) is 5.26 Å². The third-order valence-electron chi connectivity index (χ3n) is 0.613. The maximum atomic E-state index is 11.2. The minimum atomic E-state index is -4.16. The Morgan fingerprint density at radius 1 is 1.44 bits per heavy atom.